The molecule has 0 aliphatic carbocycles. The van der Waals surface area contributed by atoms with Gasteiger partial charge in [-0.3, -0.25) is 9.36 Å². The molecular formula is C28H23ClN2O5S. The van der Waals surface area contributed by atoms with E-state index in [0.717, 1.165) is 5.56 Å². The third kappa shape index (κ3) is 4.65. The molecule has 0 radical (unpaired) electrons. The molecule has 0 N–H and O–H groups in total. The molecule has 7 nitrogen and oxygen atoms in total. The lowest BCUT2D eigenvalue weighted by Crippen LogP contribution is -2.39. The number of carbonyl (C=O) groups excluding carboxylic acids is 1. The Bertz CT molecular complexity index is 1710. The molecule has 3 heterocycles. The van der Waals surface area contributed by atoms with Gasteiger partial charge in [-0.25, -0.2) is 9.79 Å². The standard InChI is InChI=1S/C28H23ClN2O5S/c1-4-35-27(33)24-16(2)30-28-31(25(24)17-8-7-9-18(14-17)34-3)26(32)23(37-28)15-19-12-13-22(36-19)20-10-5-6-11-21(20)29/h5-15,25H,4H2,1-3H3/b23-15-. The fraction of sp³-hybridized carbons (Fsp3) is 0.179. The molecule has 0 amide bonds. The normalized spacial score (nSPS) is 15.4. The number of rotatable bonds is 6. The van der Waals surface area contributed by atoms with Crippen LogP contribution in [0.3, 0.4) is 0 Å². The fourth-order valence-corrected chi connectivity index (χ4v) is 5.54. The minimum absolute atomic E-state index is 0.205. The number of nitrogens with zero attached hydrogens (tertiary/aromatic N) is 2. The van der Waals surface area contributed by atoms with Crippen LogP contribution in [-0.2, 0) is 9.53 Å². The Kier molecular flexibility index (Phi) is 6.86. The molecule has 4 aromatic rings. The highest BCUT2D eigenvalue weighted by molar-refractivity contribution is 7.07. The third-order valence-corrected chi connectivity index (χ3v) is 7.28. The van der Waals surface area contributed by atoms with E-state index in [1.54, 1.807) is 45.2 Å². The van der Waals surface area contributed by atoms with Crippen molar-refractivity contribution in [3.63, 3.8) is 0 Å². The van der Waals surface area contributed by atoms with Crippen LogP contribution in [-0.4, -0.2) is 24.3 Å². The second-order valence-corrected chi connectivity index (χ2v) is 9.68. The Balaban J connectivity index is 1.66. The van der Waals surface area contributed by atoms with E-state index in [1.807, 2.05) is 42.5 Å². The molecule has 0 saturated carbocycles. The van der Waals surface area contributed by atoms with E-state index in [-0.39, 0.29) is 12.2 Å². The van der Waals surface area contributed by atoms with Gasteiger partial charge in [0.15, 0.2) is 4.80 Å². The van der Waals surface area contributed by atoms with Gasteiger partial charge in [-0.1, -0.05) is 47.2 Å². The second-order valence-electron chi connectivity index (χ2n) is 8.26. The predicted molar refractivity (Wildman–Crippen MR) is 143 cm³/mol. The monoisotopic (exact) mass is 534 g/mol. The van der Waals surface area contributed by atoms with Gasteiger partial charge in [0.05, 0.1) is 40.6 Å². The Morgan fingerprint density at radius 1 is 1.19 bits per heavy atom. The molecule has 1 unspecified atom stereocenters. The number of allylic oxidation sites excluding steroid dienone is 1. The molecule has 2 aromatic carbocycles. The number of aromatic nitrogens is 1. The van der Waals surface area contributed by atoms with Crippen LogP contribution in [0.25, 0.3) is 17.4 Å². The predicted octanol–water partition coefficient (Wildman–Crippen LogP) is 4.72. The van der Waals surface area contributed by atoms with Gasteiger partial charge in [0.2, 0.25) is 0 Å². The first-order valence-electron chi connectivity index (χ1n) is 11.6. The summed E-state index contributed by atoms with van der Waals surface area (Å²) in [6.07, 6.45) is 1.68. The van der Waals surface area contributed by atoms with Gasteiger partial charge in [0.1, 0.15) is 17.3 Å². The van der Waals surface area contributed by atoms with Crippen molar-refractivity contribution in [2.45, 2.75) is 19.9 Å². The zero-order valence-electron chi connectivity index (χ0n) is 20.4. The lowest BCUT2D eigenvalue weighted by atomic mass is 9.95. The summed E-state index contributed by atoms with van der Waals surface area (Å²) >= 11 is 7.54. The number of fused-ring (bicyclic) bond motifs is 1. The van der Waals surface area contributed by atoms with Crippen LogP contribution in [0.2, 0.25) is 5.02 Å². The average molecular weight is 535 g/mol. The topological polar surface area (TPSA) is 83.0 Å². The Hall–Kier alpha value is -3.88. The molecule has 37 heavy (non-hydrogen) atoms. The summed E-state index contributed by atoms with van der Waals surface area (Å²) in [7, 11) is 1.57. The van der Waals surface area contributed by atoms with Crippen LogP contribution >= 0.6 is 22.9 Å². The van der Waals surface area contributed by atoms with Crippen molar-refractivity contribution >= 4 is 35.0 Å². The van der Waals surface area contributed by atoms with E-state index < -0.39 is 12.0 Å². The fourth-order valence-electron chi connectivity index (χ4n) is 4.28. The first kappa shape index (κ1) is 24.8. The average Bonchev–Trinajstić information content (AvgIpc) is 3.48. The van der Waals surface area contributed by atoms with Crippen LogP contribution in [0.4, 0.5) is 0 Å². The van der Waals surface area contributed by atoms with Crippen molar-refractivity contribution in [2.24, 2.45) is 4.99 Å². The Morgan fingerprint density at radius 3 is 2.76 bits per heavy atom. The van der Waals surface area contributed by atoms with E-state index in [4.69, 9.17) is 25.5 Å². The summed E-state index contributed by atoms with van der Waals surface area (Å²) in [4.78, 5) is 31.8. The highest BCUT2D eigenvalue weighted by Crippen LogP contribution is 2.32. The maximum Gasteiger partial charge on any atom is 0.338 e. The number of ether oxygens (including phenoxy) is 2. The minimum atomic E-state index is -0.720. The molecule has 5 rings (SSSR count). The number of furan rings is 1. The molecule has 0 saturated heterocycles. The van der Waals surface area contributed by atoms with Gasteiger partial charge in [-0.05, 0) is 55.8 Å². The highest BCUT2D eigenvalue weighted by Gasteiger charge is 2.33. The molecular weight excluding hydrogens is 512 g/mol. The van der Waals surface area contributed by atoms with E-state index >= 15 is 0 Å². The van der Waals surface area contributed by atoms with Crippen molar-refractivity contribution in [3.8, 4) is 17.1 Å². The lowest BCUT2D eigenvalue weighted by Gasteiger charge is -2.24. The van der Waals surface area contributed by atoms with Gasteiger partial charge in [0.25, 0.3) is 5.56 Å². The molecule has 2 aromatic heterocycles. The van der Waals surface area contributed by atoms with E-state index in [1.165, 1.54) is 15.9 Å². The van der Waals surface area contributed by atoms with E-state index in [0.29, 0.717) is 48.5 Å². The molecule has 0 bridgehead atoms. The minimum Gasteiger partial charge on any atom is -0.497 e. The van der Waals surface area contributed by atoms with Crippen molar-refractivity contribution in [3.05, 3.63) is 108 Å². The number of benzene rings is 2. The van der Waals surface area contributed by atoms with Crippen LogP contribution in [0.5, 0.6) is 5.75 Å². The number of thiazole rings is 1. The molecule has 1 atom stereocenters. The number of methoxy groups -OCH3 is 1. The third-order valence-electron chi connectivity index (χ3n) is 5.97. The van der Waals surface area contributed by atoms with Gasteiger partial charge in [0, 0.05) is 11.6 Å². The summed E-state index contributed by atoms with van der Waals surface area (Å²) in [5.41, 5.74) is 1.99. The Morgan fingerprint density at radius 2 is 2.00 bits per heavy atom. The number of carbonyl (C=O) groups is 1. The lowest BCUT2D eigenvalue weighted by molar-refractivity contribution is -0.139. The van der Waals surface area contributed by atoms with E-state index in [2.05, 4.69) is 4.99 Å². The van der Waals surface area contributed by atoms with Crippen molar-refractivity contribution in [1.82, 2.24) is 4.57 Å². The molecule has 9 heteroatoms. The van der Waals surface area contributed by atoms with Crippen molar-refractivity contribution < 1.29 is 18.7 Å². The Labute approximate surface area is 221 Å². The highest BCUT2D eigenvalue weighted by atomic mass is 35.5. The number of hydrogen-bond acceptors (Lipinski definition) is 7. The number of hydrogen-bond donors (Lipinski definition) is 0. The second kappa shape index (κ2) is 10.2. The van der Waals surface area contributed by atoms with Gasteiger partial charge in [-0.2, -0.15) is 0 Å². The zero-order chi connectivity index (χ0) is 26.1. The molecule has 1 aliphatic rings. The van der Waals surface area contributed by atoms with Gasteiger partial charge in [-0.15, -0.1) is 0 Å². The molecule has 0 fully saturated rings. The largest absolute Gasteiger partial charge is 0.497 e. The van der Waals surface area contributed by atoms with E-state index in [9.17, 15) is 9.59 Å². The molecule has 0 spiro atoms. The van der Waals surface area contributed by atoms with Crippen LogP contribution in [0, 0.1) is 0 Å². The summed E-state index contributed by atoms with van der Waals surface area (Å²) in [5.74, 6) is 1.19. The smallest absolute Gasteiger partial charge is 0.338 e. The maximum atomic E-state index is 13.7. The van der Waals surface area contributed by atoms with Crippen LogP contribution in [0.15, 0.2) is 86.1 Å². The van der Waals surface area contributed by atoms with Crippen LogP contribution in [0.1, 0.15) is 31.2 Å². The van der Waals surface area contributed by atoms with Gasteiger partial charge >= 0.3 is 5.97 Å². The zero-order valence-corrected chi connectivity index (χ0v) is 21.9. The SMILES string of the molecule is CCOC(=O)C1=C(C)N=c2s/c(=C\c3ccc(-c4ccccc4Cl)o3)c(=O)n2C1c1cccc(OC)c1. The van der Waals surface area contributed by atoms with Crippen molar-refractivity contribution in [1.29, 1.82) is 0 Å². The number of esters is 1. The first-order chi connectivity index (χ1) is 17.9. The quantitative estimate of drug-likeness (QED) is 0.334. The summed E-state index contributed by atoms with van der Waals surface area (Å²) in [5, 5.41) is 0.572. The summed E-state index contributed by atoms with van der Waals surface area (Å²) in [6, 6.07) is 17.5. The van der Waals surface area contributed by atoms with Gasteiger partial charge < -0.3 is 13.9 Å². The maximum absolute atomic E-state index is 13.7. The summed E-state index contributed by atoms with van der Waals surface area (Å²) < 4.78 is 18.7. The van der Waals surface area contributed by atoms with Crippen molar-refractivity contribution in [2.75, 3.05) is 13.7 Å². The van der Waals surface area contributed by atoms with Crippen LogP contribution < -0.4 is 19.6 Å². The number of halogens is 1. The molecule has 1 aliphatic heterocycles. The molecule has 188 valence electrons. The summed E-state index contributed by atoms with van der Waals surface area (Å²) in [6.45, 7) is 3.69. The first-order valence-corrected chi connectivity index (χ1v) is 12.8.